The molecule has 0 spiro atoms. The predicted octanol–water partition coefficient (Wildman–Crippen LogP) is 3.70. The van der Waals surface area contributed by atoms with Crippen LogP contribution < -0.4 is 4.90 Å². The summed E-state index contributed by atoms with van der Waals surface area (Å²) in [5.41, 5.74) is 0.701. The maximum absolute atomic E-state index is 13.4. The average molecular weight is 453 g/mol. The summed E-state index contributed by atoms with van der Waals surface area (Å²) in [6, 6.07) is 8.74. The second-order valence-electron chi connectivity index (χ2n) is 8.44. The maximum Gasteiger partial charge on any atom is 0.338 e. The predicted molar refractivity (Wildman–Crippen MR) is 119 cm³/mol. The van der Waals surface area contributed by atoms with E-state index in [1.807, 2.05) is 0 Å². The lowest BCUT2D eigenvalue weighted by molar-refractivity contribution is -0.143. The standard InChI is InChI=1S/C25H28N2O6/c1-2-32-25(31)18-10-12-19(13-11-18)27-22(28)15-21(24(27)30)26(16-20-9-6-14-33-20)23(29)17-7-4-3-5-8-17/h6,9-14,17,21H,2-5,7-8,15-16H2,1H3. The van der Waals surface area contributed by atoms with Crippen LogP contribution in [0.15, 0.2) is 47.1 Å². The van der Waals surface area contributed by atoms with E-state index in [0.29, 0.717) is 17.0 Å². The lowest BCUT2D eigenvalue weighted by Crippen LogP contribution is -2.47. The highest BCUT2D eigenvalue weighted by Crippen LogP contribution is 2.31. The van der Waals surface area contributed by atoms with E-state index in [0.717, 1.165) is 37.0 Å². The van der Waals surface area contributed by atoms with Crippen molar-refractivity contribution in [3.05, 3.63) is 54.0 Å². The van der Waals surface area contributed by atoms with Gasteiger partial charge in [0.05, 0.1) is 37.1 Å². The van der Waals surface area contributed by atoms with Gasteiger partial charge in [0.25, 0.3) is 5.91 Å². The minimum absolute atomic E-state index is 0.0857. The van der Waals surface area contributed by atoms with Crippen molar-refractivity contribution >= 4 is 29.4 Å². The summed E-state index contributed by atoms with van der Waals surface area (Å²) >= 11 is 0. The van der Waals surface area contributed by atoms with Crippen LogP contribution in [0.4, 0.5) is 5.69 Å². The fourth-order valence-electron chi connectivity index (χ4n) is 4.59. The number of amides is 3. The Labute approximate surface area is 192 Å². The van der Waals surface area contributed by atoms with E-state index in [1.165, 1.54) is 23.3 Å². The van der Waals surface area contributed by atoms with Crippen molar-refractivity contribution in [2.24, 2.45) is 5.92 Å². The van der Waals surface area contributed by atoms with Gasteiger partial charge in [0.1, 0.15) is 11.8 Å². The van der Waals surface area contributed by atoms with Gasteiger partial charge in [0.15, 0.2) is 0 Å². The van der Waals surface area contributed by atoms with Crippen molar-refractivity contribution in [2.45, 2.75) is 58.0 Å². The molecular formula is C25H28N2O6. The van der Waals surface area contributed by atoms with Crippen molar-refractivity contribution in [1.82, 2.24) is 4.90 Å². The normalized spacial score (nSPS) is 19.1. The lowest BCUT2D eigenvalue weighted by atomic mass is 9.88. The molecule has 0 N–H and O–H groups in total. The number of benzene rings is 1. The van der Waals surface area contributed by atoms with Gasteiger partial charge in [-0.05, 0) is 56.2 Å². The number of hydrogen-bond donors (Lipinski definition) is 0. The summed E-state index contributed by atoms with van der Waals surface area (Å²) in [4.78, 5) is 54.2. The molecule has 0 bridgehead atoms. The second kappa shape index (κ2) is 10.0. The average Bonchev–Trinajstić information content (AvgIpc) is 3.45. The molecule has 8 nitrogen and oxygen atoms in total. The van der Waals surface area contributed by atoms with Gasteiger partial charge in [-0.3, -0.25) is 14.4 Å². The third-order valence-electron chi connectivity index (χ3n) is 6.28. The largest absolute Gasteiger partial charge is 0.467 e. The Morgan fingerprint density at radius 1 is 1.09 bits per heavy atom. The zero-order valence-electron chi connectivity index (χ0n) is 18.7. The number of carbonyl (C=O) groups is 4. The van der Waals surface area contributed by atoms with Crippen LogP contribution >= 0.6 is 0 Å². The highest BCUT2D eigenvalue weighted by atomic mass is 16.5. The smallest absolute Gasteiger partial charge is 0.338 e. The fraction of sp³-hybridized carbons (Fsp3) is 0.440. The van der Waals surface area contributed by atoms with Crippen LogP contribution in [0.1, 0.15) is 61.6 Å². The molecule has 2 aliphatic rings. The molecule has 0 radical (unpaired) electrons. The molecule has 1 unspecified atom stereocenters. The van der Waals surface area contributed by atoms with Gasteiger partial charge < -0.3 is 14.1 Å². The van der Waals surface area contributed by atoms with Crippen molar-refractivity contribution in [3.63, 3.8) is 0 Å². The van der Waals surface area contributed by atoms with E-state index < -0.39 is 17.9 Å². The molecule has 4 rings (SSSR count). The van der Waals surface area contributed by atoms with Crippen LogP contribution in [-0.2, 0) is 25.7 Å². The van der Waals surface area contributed by atoms with Gasteiger partial charge in [-0.2, -0.15) is 0 Å². The van der Waals surface area contributed by atoms with E-state index in [2.05, 4.69) is 0 Å². The van der Waals surface area contributed by atoms with Gasteiger partial charge >= 0.3 is 5.97 Å². The molecule has 2 fully saturated rings. The summed E-state index contributed by atoms with van der Waals surface area (Å²) in [7, 11) is 0. The van der Waals surface area contributed by atoms with Crippen LogP contribution in [0.2, 0.25) is 0 Å². The molecule has 1 saturated heterocycles. The number of carbonyl (C=O) groups excluding carboxylic acids is 4. The van der Waals surface area contributed by atoms with Crippen LogP contribution in [0, 0.1) is 5.92 Å². The maximum atomic E-state index is 13.4. The first-order valence-corrected chi connectivity index (χ1v) is 11.5. The Bertz CT molecular complexity index is 1010. The Kier molecular flexibility index (Phi) is 6.91. The number of imide groups is 1. The third kappa shape index (κ3) is 4.84. The van der Waals surface area contributed by atoms with E-state index in [-0.39, 0.29) is 37.3 Å². The Balaban J connectivity index is 1.57. The van der Waals surface area contributed by atoms with Crippen LogP contribution in [0.3, 0.4) is 0 Å². The molecule has 1 atom stereocenters. The number of esters is 1. The second-order valence-corrected chi connectivity index (χ2v) is 8.44. The van der Waals surface area contributed by atoms with E-state index in [9.17, 15) is 19.2 Å². The number of rotatable bonds is 7. The van der Waals surface area contributed by atoms with Crippen LogP contribution in [0.25, 0.3) is 0 Å². The molecule has 2 aromatic rings. The SMILES string of the molecule is CCOC(=O)c1ccc(N2C(=O)CC(N(Cc3ccco3)C(=O)C3CCCCC3)C2=O)cc1. The Morgan fingerprint density at radius 2 is 1.82 bits per heavy atom. The number of furan rings is 1. The first-order valence-electron chi connectivity index (χ1n) is 11.5. The molecule has 8 heteroatoms. The molecule has 2 heterocycles. The molecule has 1 saturated carbocycles. The Morgan fingerprint density at radius 3 is 2.45 bits per heavy atom. The summed E-state index contributed by atoms with van der Waals surface area (Å²) in [5, 5.41) is 0. The minimum atomic E-state index is -0.887. The van der Waals surface area contributed by atoms with Crippen molar-refractivity contribution in [2.75, 3.05) is 11.5 Å². The van der Waals surface area contributed by atoms with Gasteiger partial charge in [0, 0.05) is 5.92 Å². The van der Waals surface area contributed by atoms with Crippen LogP contribution in [-0.4, -0.2) is 41.2 Å². The number of nitrogens with zero attached hydrogens (tertiary/aromatic N) is 2. The van der Waals surface area contributed by atoms with Crippen molar-refractivity contribution in [1.29, 1.82) is 0 Å². The monoisotopic (exact) mass is 452 g/mol. The summed E-state index contributed by atoms with van der Waals surface area (Å²) in [5.74, 6) is -0.971. The first-order chi connectivity index (χ1) is 16.0. The molecule has 1 aromatic carbocycles. The summed E-state index contributed by atoms with van der Waals surface area (Å²) in [6.45, 7) is 2.12. The van der Waals surface area contributed by atoms with Gasteiger partial charge in [-0.25, -0.2) is 9.69 Å². The molecule has 1 aromatic heterocycles. The number of anilines is 1. The third-order valence-corrected chi connectivity index (χ3v) is 6.28. The number of ether oxygens (including phenoxy) is 1. The molecular weight excluding hydrogens is 424 g/mol. The van der Waals surface area contributed by atoms with Gasteiger partial charge in [0.2, 0.25) is 11.8 Å². The zero-order chi connectivity index (χ0) is 23.4. The van der Waals surface area contributed by atoms with Crippen molar-refractivity contribution in [3.8, 4) is 0 Å². The first kappa shape index (κ1) is 22.8. The van der Waals surface area contributed by atoms with Gasteiger partial charge in [-0.15, -0.1) is 0 Å². The summed E-state index contributed by atoms with van der Waals surface area (Å²) in [6.07, 6.45) is 6.11. The fourth-order valence-corrected chi connectivity index (χ4v) is 4.59. The van der Waals surface area contributed by atoms with E-state index in [4.69, 9.17) is 9.15 Å². The van der Waals surface area contributed by atoms with E-state index >= 15 is 0 Å². The minimum Gasteiger partial charge on any atom is -0.467 e. The summed E-state index contributed by atoms with van der Waals surface area (Å²) < 4.78 is 10.4. The quantitative estimate of drug-likeness (QED) is 0.469. The Hall–Kier alpha value is -3.42. The number of hydrogen-bond acceptors (Lipinski definition) is 6. The highest BCUT2D eigenvalue weighted by molar-refractivity contribution is 6.23. The van der Waals surface area contributed by atoms with Gasteiger partial charge in [-0.1, -0.05) is 19.3 Å². The molecule has 1 aliphatic heterocycles. The van der Waals surface area contributed by atoms with Crippen LogP contribution in [0.5, 0.6) is 0 Å². The van der Waals surface area contributed by atoms with E-state index in [1.54, 1.807) is 31.2 Å². The molecule has 33 heavy (non-hydrogen) atoms. The highest BCUT2D eigenvalue weighted by Gasteiger charge is 2.45. The molecule has 3 amide bonds. The molecule has 174 valence electrons. The molecule has 1 aliphatic carbocycles. The van der Waals surface area contributed by atoms with Crippen molar-refractivity contribution < 1.29 is 28.3 Å². The lowest BCUT2D eigenvalue weighted by Gasteiger charge is -2.32. The topological polar surface area (TPSA) is 97.1 Å². The zero-order valence-corrected chi connectivity index (χ0v) is 18.7.